The Labute approximate surface area is 146 Å². The maximum atomic E-state index is 12.2. The Hall–Kier alpha value is -2.64. The second-order valence-corrected chi connectivity index (χ2v) is 6.85. The maximum absolute atomic E-state index is 12.2. The first-order valence-corrected chi connectivity index (χ1v) is 8.54. The van der Waals surface area contributed by atoms with E-state index in [1.165, 1.54) is 6.07 Å². The van der Waals surface area contributed by atoms with Gasteiger partial charge in [0.05, 0.1) is 18.3 Å². The predicted molar refractivity (Wildman–Crippen MR) is 94.6 cm³/mol. The Morgan fingerprint density at radius 3 is 2.96 bits per heavy atom. The molecule has 2 N–H and O–H groups in total. The normalized spacial score (nSPS) is 17.3. The molecule has 2 aromatic rings. The molecule has 0 radical (unpaired) electrons. The molecule has 3 rings (SSSR count). The van der Waals surface area contributed by atoms with Crippen molar-refractivity contribution in [1.29, 1.82) is 0 Å². The van der Waals surface area contributed by atoms with E-state index < -0.39 is 0 Å². The highest BCUT2D eigenvalue weighted by atomic mass is 16.1. The number of aromatic nitrogens is 4. The van der Waals surface area contributed by atoms with Gasteiger partial charge in [0, 0.05) is 38.4 Å². The van der Waals surface area contributed by atoms with E-state index in [-0.39, 0.29) is 23.4 Å². The van der Waals surface area contributed by atoms with Crippen LogP contribution in [0.3, 0.4) is 0 Å². The Morgan fingerprint density at radius 1 is 1.48 bits per heavy atom. The number of hydrogen-bond donors (Lipinski definition) is 2. The number of anilines is 1. The number of H-pyrrole nitrogens is 1. The summed E-state index contributed by atoms with van der Waals surface area (Å²) in [5, 5.41) is 7.12. The van der Waals surface area contributed by atoms with Crippen LogP contribution in [-0.4, -0.2) is 44.8 Å². The van der Waals surface area contributed by atoms with E-state index in [0.717, 1.165) is 24.2 Å². The summed E-state index contributed by atoms with van der Waals surface area (Å²) >= 11 is 0. The molecule has 25 heavy (non-hydrogen) atoms. The molecular formula is C17H24N6O2. The Bertz CT molecular complexity index is 809. The first kappa shape index (κ1) is 17.2. The van der Waals surface area contributed by atoms with Crippen molar-refractivity contribution < 1.29 is 4.79 Å². The van der Waals surface area contributed by atoms with Crippen LogP contribution < -0.4 is 15.8 Å². The van der Waals surface area contributed by atoms with Crippen LogP contribution in [0.25, 0.3) is 0 Å². The average molecular weight is 344 g/mol. The molecule has 2 aromatic heterocycles. The molecule has 1 aliphatic rings. The molecule has 1 fully saturated rings. The van der Waals surface area contributed by atoms with E-state index in [1.807, 2.05) is 32.0 Å². The van der Waals surface area contributed by atoms with E-state index in [1.54, 1.807) is 10.9 Å². The SMILES string of the molecule is CC(C)c1cc(=O)[nH]c(N2CCC(NC(=O)Cc3cnn(C)c3)C2)n1. The molecule has 1 atom stereocenters. The second kappa shape index (κ2) is 7.08. The third kappa shape index (κ3) is 4.26. The van der Waals surface area contributed by atoms with Gasteiger partial charge in [0.1, 0.15) is 0 Å². The van der Waals surface area contributed by atoms with Crippen molar-refractivity contribution in [3.05, 3.63) is 40.1 Å². The smallest absolute Gasteiger partial charge is 0.252 e. The van der Waals surface area contributed by atoms with Gasteiger partial charge in [-0.2, -0.15) is 5.10 Å². The average Bonchev–Trinajstić information content (AvgIpc) is 3.16. The lowest BCUT2D eigenvalue weighted by Crippen LogP contribution is -2.38. The highest BCUT2D eigenvalue weighted by Crippen LogP contribution is 2.18. The number of rotatable bonds is 5. The van der Waals surface area contributed by atoms with E-state index >= 15 is 0 Å². The van der Waals surface area contributed by atoms with Crippen molar-refractivity contribution in [1.82, 2.24) is 25.1 Å². The molecule has 1 unspecified atom stereocenters. The van der Waals surface area contributed by atoms with Crippen LogP contribution in [0, 0.1) is 0 Å². The molecule has 0 bridgehead atoms. The minimum atomic E-state index is -0.141. The summed E-state index contributed by atoms with van der Waals surface area (Å²) in [7, 11) is 1.83. The summed E-state index contributed by atoms with van der Waals surface area (Å²) in [5.74, 6) is 0.760. The number of aromatic amines is 1. The van der Waals surface area contributed by atoms with Crippen LogP contribution in [0.2, 0.25) is 0 Å². The van der Waals surface area contributed by atoms with Crippen LogP contribution in [0.4, 0.5) is 5.95 Å². The largest absolute Gasteiger partial charge is 0.351 e. The molecule has 0 aromatic carbocycles. The van der Waals surface area contributed by atoms with Crippen molar-refractivity contribution in [2.24, 2.45) is 7.05 Å². The number of nitrogens with one attached hydrogen (secondary N) is 2. The minimum Gasteiger partial charge on any atom is -0.351 e. The van der Waals surface area contributed by atoms with Gasteiger partial charge in [0.2, 0.25) is 11.9 Å². The van der Waals surface area contributed by atoms with Crippen LogP contribution >= 0.6 is 0 Å². The zero-order chi connectivity index (χ0) is 18.0. The molecule has 134 valence electrons. The molecule has 1 amide bonds. The van der Waals surface area contributed by atoms with Gasteiger partial charge in [-0.3, -0.25) is 19.3 Å². The Kier molecular flexibility index (Phi) is 4.87. The zero-order valence-corrected chi connectivity index (χ0v) is 14.8. The first-order valence-electron chi connectivity index (χ1n) is 8.54. The van der Waals surface area contributed by atoms with Gasteiger partial charge >= 0.3 is 0 Å². The van der Waals surface area contributed by atoms with E-state index in [2.05, 4.69) is 20.4 Å². The van der Waals surface area contributed by atoms with Gasteiger partial charge in [-0.15, -0.1) is 0 Å². The van der Waals surface area contributed by atoms with Crippen molar-refractivity contribution in [2.75, 3.05) is 18.0 Å². The highest BCUT2D eigenvalue weighted by Gasteiger charge is 2.26. The van der Waals surface area contributed by atoms with E-state index in [0.29, 0.717) is 18.9 Å². The quantitative estimate of drug-likeness (QED) is 0.826. The number of aryl methyl sites for hydroxylation is 1. The van der Waals surface area contributed by atoms with Gasteiger partial charge in [-0.05, 0) is 17.9 Å². The Morgan fingerprint density at radius 2 is 2.28 bits per heavy atom. The van der Waals surface area contributed by atoms with Gasteiger partial charge in [-0.1, -0.05) is 13.8 Å². The second-order valence-electron chi connectivity index (χ2n) is 6.85. The van der Waals surface area contributed by atoms with Crippen molar-refractivity contribution in [3.63, 3.8) is 0 Å². The molecular weight excluding hydrogens is 320 g/mol. The van der Waals surface area contributed by atoms with Crippen molar-refractivity contribution in [2.45, 2.75) is 38.6 Å². The fourth-order valence-electron chi connectivity index (χ4n) is 3.01. The monoisotopic (exact) mass is 344 g/mol. The number of nitrogens with zero attached hydrogens (tertiary/aromatic N) is 4. The number of amides is 1. The molecule has 1 aliphatic heterocycles. The Balaban J connectivity index is 1.60. The standard InChI is InChI=1S/C17H24N6O2/c1-11(2)14-7-16(25)21-17(20-14)23-5-4-13(10-23)19-15(24)6-12-8-18-22(3)9-12/h7-9,11,13H,4-6,10H2,1-3H3,(H,19,24)(H,20,21,25). The molecule has 0 saturated carbocycles. The van der Waals surface area contributed by atoms with Gasteiger partial charge in [0.25, 0.3) is 5.56 Å². The van der Waals surface area contributed by atoms with Crippen LogP contribution in [0.5, 0.6) is 0 Å². The molecule has 0 aliphatic carbocycles. The first-order chi connectivity index (χ1) is 11.9. The van der Waals surface area contributed by atoms with Crippen LogP contribution in [-0.2, 0) is 18.3 Å². The third-order valence-electron chi connectivity index (χ3n) is 4.32. The molecule has 1 saturated heterocycles. The molecule has 3 heterocycles. The summed E-state index contributed by atoms with van der Waals surface area (Å²) < 4.78 is 1.68. The zero-order valence-electron chi connectivity index (χ0n) is 14.8. The maximum Gasteiger partial charge on any atom is 0.252 e. The minimum absolute atomic E-state index is 0.0165. The molecule has 0 spiro atoms. The highest BCUT2D eigenvalue weighted by molar-refractivity contribution is 5.78. The molecule has 8 heteroatoms. The third-order valence-corrected chi connectivity index (χ3v) is 4.32. The van der Waals surface area contributed by atoms with E-state index in [4.69, 9.17) is 0 Å². The topological polar surface area (TPSA) is 95.9 Å². The number of carbonyl (C=O) groups is 1. The lowest BCUT2D eigenvalue weighted by atomic mass is 10.1. The van der Waals surface area contributed by atoms with Crippen LogP contribution in [0.15, 0.2) is 23.3 Å². The lowest BCUT2D eigenvalue weighted by molar-refractivity contribution is -0.121. The van der Waals surface area contributed by atoms with Gasteiger partial charge in [0.15, 0.2) is 0 Å². The van der Waals surface area contributed by atoms with Gasteiger partial charge in [-0.25, -0.2) is 4.98 Å². The molecule has 8 nitrogen and oxygen atoms in total. The summed E-state index contributed by atoms with van der Waals surface area (Å²) in [6.07, 6.45) is 4.69. The number of hydrogen-bond acceptors (Lipinski definition) is 5. The predicted octanol–water partition coefficient (Wildman–Crippen LogP) is 0.564. The van der Waals surface area contributed by atoms with Crippen LogP contribution in [0.1, 0.15) is 37.4 Å². The summed E-state index contributed by atoms with van der Waals surface area (Å²) in [6, 6.07) is 1.59. The summed E-state index contributed by atoms with van der Waals surface area (Å²) in [5.41, 5.74) is 1.53. The number of carbonyl (C=O) groups excluding carboxylic acids is 1. The summed E-state index contributed by atoms with van der Waals surface area (Å²) in [4.78, 5) is 33.4. The van der Waals surface area contributed by atoms with Crippen molar-refractivity contribution >= 4 is 11.9 Å². The fraction of sp³-hybridized carbons (Fsp3) is 0.529. The lowest BCUT2D eigenvalue weighted by Gasteiger charge is -2.18. The summed E-state index contributed by atoms with van der Waals surface area (Å²) in [6.45, 7) is 5.42. The van der Waals surface area contributed by atoms with Gasteiger partial charge < -0.3 is 10.2 Å². The fourth-order valence-corrected chi connectivity index (χ4v) is 3.01. The van der Waals surface area contributed by atoms with E-state index in [9.17, 15) is 9.59 Å². The van der Waals surface area contributed by atoms with Crippen molar-refractivity contribution in [3.8, 4) is 0 Å².